The van der Waals surface area contributed by atoms with Crippen LogP contribution in [0.5, 0.6) is 5.75 Å². The molecule has 0 saturated carbocycles. The predicted molar refractivity (Wildman–Crippen MR) is 98.6 cm³/mol. The third-order valence-electron chi connectivity index (χ3n) is 4.22. The molecule has 1 heterocycles. The Morgan fingerprint density at radius 3 is 2.56 bits per heavy atom. The molecule has 1 aromatic carbocycles. The molecule has 0 spiro atoms. The Morgan fingerprint density at radius 1 is 1.12 bits per heavy atom. The summed E-state index contributed by atoms with van der Waals surface area (Å²) < 4.78 is 5.47. The zero-order valence-corrected chi connectivity index (χ0v) is 15.2. The number of benzene rings is 1. The third-order valence-corrected chi connectivity index (χ3v) is 5.30. The smallest absolute Gasteiger partial charge is 0.264 e. The molecule has 25 heavy (non-hydrogen) atoms. The van der Waals surface area contributed by atoms with Gasteiger partial charge in [-0.05, 0) is 56.9 Å². The van der Waals surface area contributed by atoms with Crippen LogP contribution in [0.4, 0.5) is 5.13 Å². The summed E-state index contributed by atoms with van der Waals surface area (Å²) in [5, 5.41) is 3.49. The number of anilines is 1. The fraction of sp³-hybridized carbons (Fsp3) is 0.421. The Morgan fingerprint density at radius 2 is 1.84 bits per heavy atom. The van der Waals surface area contributed by atoms with Gasteiger partial charge in [0.2, 0.25) is 0 Å². The number of hydrogen-bond acceptors (Lipinski definition) is 5. The maximum Gasteiger partial charge on any atom is 0.264 e. The van der Waals surface area contributed by atoms with Crippen molar-refractivity contribution < 1.29 is 14.3 Å². The van der Waals surface area contributed by atoms with Gasteiger partial charge in [0.05, 0.1) is 5.69 Å². The minimum absolute atomic E-state index is 0.00336. The maximum absolute atomic E-state index is 12.1. The number of amides is 1. The minimum atomic E-state index is -0.225. The third kappa shape index (κ3) is 4.89. The SMILES string of the molecule is CC(=O)c1ccc(OCC(=O)Nc2nc3c(s2)CCCCCC3)cc1. The van der Waals surface area contributed by atoms with E-state index >= 15 is 0 Å². The van der Waals surface area contributed by atoms with Gasteiger partial charge < -0.3 is 4.74 Å². The Bertz CT molecular complexity index is 727. The van der Waals surface area contributed by atoms with Gasteiger partial charge in [-0.25, -0.2) is 4.98 Å². The van der Waals surface area contributed by atoms with Crippen LogP contribution < -0.4 is 10.1 Å². The number of ether oxygens (including phenoxy) is 1. The summed E-state index contributed by atoms with van der Waals surface area (Å²) >= 11 is 1.58. The van der Waals surface area contributed by atoms with Gasteiger partial charge in [-0.1, -0.05) is 12.8 Å². The van der Waals surface area contributed by atoms with Crippen LogP contribution in [-0.4, -0.2) is 23.3 Å². The summed E-state index contributed by atoms with van der Waals surface area (Å²) in [6.07, 6.45) is 6.96. The number of nitrogens with one attached hydrogen (secondary N) is 1. The second-order valence-electron chi connectivity index (χ2n) is 6.22. The molecule has 0 unspecified atom stereocenters. The first-order valence-corrected chi connectivity index (χ1v) is 9.46. The van der Waals surface area contributed by atoms with Gasteiger partial charge in [0.25, 0.3) is 5.91 Å². The summed E-state index contributed by atoms with van der Waals surface area (Å²) in [6.45, 7) is 1.44. The largest absolute Gasteiger partial charge is 0.484 e. The van der Waals surface area contributed by atoms with E-state index in [0.29, 0.717) is 16.4 Å². The highest BCUT2D eigenvalue weighted by Gasteiger charge is 2.15. The molecule has 0 radical (unpaired) electrons. The van der Waals surface area contributed by atoms with Gasteiger partial charge >= 0.3 is 0 Å². The zero-order chi connectivity index (χ0) is 17.6. The van der Waals surface area contributed by atoms with Gasteiger partial charge in [-0.15, -0.1) is 11.3 Å². The molecule has 1 aliphatic rings. The molecule has 0 bridgehead atoms. The van der Waals surface area contributed by atoms with Gasteiger partial charge in [-0.2, -0.15) is 0 Å². The highest BCUT2D eigenvalue weighted by molar-refractivity contribution is 7.15. The number of Topliss-reactive ketones (excluding diaryl/α,β-unsaturated/α-hetero) is 1. The molecular weight excluding hydrogens is 336 g/mol. The molecule has 0 fully saturated rings. The van der Waals surface area contributed by atoms with Crippen LogP contribution in [0.25, 0.3) is 0 Å². The number of hydrogen-bond donors (Lipinski definition) is 1. The van der Waals surface area contributed by atoms with Crippen molar-refractivity contribution in [1.82, 2.24) is 4.98 Å². The molecule has 2 aromatic rings. The van der Waals surface area contributed by atoms with E-state index in [0.717, 1.165) is 18.5 Å². The second kappa shape index (κ2) is 8.25. The van der Waals surface area contributed by atoms with Crippen molar-refractivity contribution in [3.63, 3.8) is 0 Å². The lowest BCUT2D eigenvalue weighted by Crippen LogP contribution is -2.20. The van der Waals surface area contributed by atoms with Gasteiger partial charge in [0.1, 0.15) is 5.75 Å². The molecule has 6 heteroatoms. The van der Waals surface area contributed by atoms with Crippen LogP contribution in [0.15, 0.2) is 24.3 Å². The topological polar surface area (TPSA) is 68.3 Å². The van der Waals surface area contributed by atoms with E-state index in [-0.39, 0.29) is 18.3 Å². The van der Waals surface area contributed by atoms with E-state index in [1.807, 2.05) is 0 Å². The summed E-state index contributed by atoms with van der Waals surface area (Å²) in [6, 6.07) is 6.77. The van der Waals surface area contributed by atoms with E-state index in [1.165, 1.54) is 37.5 Å². The summed E-state index contributed by atoms with van der Waals surface area (Å²) in [5.41, 5.74) is 1.76. The van der Waals surface area contributed by atoms with Gasteiger partial charge in [-0.3, -0.25) is 14.9 Å². The highest BCUT2D eigenvalue weighted by Crippen LogP contribution is 2.28. The Labute approximate surface area is 151 Å². The highest BCUT2D eigenvalue weighted by atomic mass is 32.1. The lowest BCUT2D eigenvalue weighted by molar-refractivity contribution is -0.118. The van der Waals surface area contributed by atoms with Gasteiger partial charge in [0.15, 0.2) is 17.5 Å². The number of aromatic nitrogens is 1. The van der Waals surface area contributed by atoms with Crippen molar-refractivity contribution >= 4 is 28.2 Å². The van der Waals surface area contributed by atoms with E-state index in [9.17, 15) is 9.59 Å². The number of ketones is 1. The van der Waals surface area contributed by atoms with E-state index in [1.54, 1.807) is 35.6 Å². The quantitative estimate of drug-likeness (QED) is 0.820. The van der Waals surface area contributed by atoms with Crippen molar-refractivity contribution in [2.45, 2.75) is 45.4 Å². The van der Waals surface area contributed by atoms with Crippen LogP contribution in [0.3, 0.4) is 0 Å². The molecule has 1 aliphatic carbocycles. The molecule has 1 N–H and O–H groups in total. The van der Waals surface area contributed by atoms with Gasteiger partial charge in [0, 0.05) is 10.4 Å². The fourth-order valence-corrected chi connectivity index (χ4v) is 3.92. The van der Waals surface area contributed by atoms with Crippen LogP contribution in [0.2, 0.25) is 0 Å². The zero-order valence-electron chi connectivity index (χ0n) is 14.3. The molecule has 5 nitrogen and oxygen atoms in total. The molecule has 0 aliphatic heterocycles. The van der Waals surface area contributed by atoms with E-state index < -0.39 is 0 Å². The molecule has 132 valence electrons. The standard InChI is InChI=1S/C19H22N2O3S/c1-13(22)14-8-10-15(11-9-14)24-12-18(23)21-19-20-16-6-4-2-3-5-7-17(16)25-19/h8-11H,2-7,12H2,1H3,(H,20,21,23). The Hall–Kier alpha value is -2.21. The van der Waals surface area contributed by atoms with E-state index in [4.69, 9.17) is 4.74 Å². The number of carbonyl (C=O) groups is 2. The summed E-state index contributed by atoms with van der Waals surface area (Å²) in [5.74, 6) is 0.340. The van der Waals surface area contributed by atoms with Crippen molar-refractivity contribution in [1.29, 1.82) is 0 Å². The lowest BCUT2D eigenvalue weighted by atomic mass is 10.0. The second-order valence-corrected chi connectivity index (χ2v) is 7.30. The number of thiazole rings is 1. The lowest BCUT2D eigenvalue weighted by Gasteiger charge is -2.06. The van der Waals surface area contributed by atoms with Crippen LogP contribution >= 0.6 is 11.3 Å². The number of aryl methyl sites for hydroxylation is 2. The van der Waals surface area contributed by atoms with Crippen LogP contribution in [-0.2, 0) is 17.6 Å². The first kappa shape index (κ1) is 17.6. The molecular formula is C19H22N2O3S. The average Bonchev–Trinajstić information content (AvgIpc) is 2.94. The van der Waals surface area contributed by atoms with Crippen LogP contribution in [0.1, 0.15) is 53.5 Å². The Balaban J connectivity index is 1.54. The van der Waals surface area contributed by atoms with Crippen molar-refractivity contribution in [3.05, 3.63) is 40.4 Å². The average molecular weight is 358 g/mol. The predicted octanol–water partition coefficient (Wildman–Crippen LogP) is 4.02. The summed E-state index contributed by atoms with van der Waals surface area (Å²) in [4.78, 5) is 29.2. The van der Waals surface area contributed by atoms with Crippen molar-refractivity contribution in [3.8, 4) is 5.75 Å². The number of carbonyl (C=O) groups excluding carboxylic acids is 2. The normalized spacial score (nSPS) is 14.1. The number of rotatable bonds is 5. The van der Waals surface area contributed by atoms with E-state index in [2.05, 4.69) is 10.3 Å². The Kier molecular flexibility index (Phi) is 5.81. The molecule has 1 aromatic heterocycles. The van der Waals surface area contributed by atoms with Crippen molar-refractivity contribution in [2.24, 2.45) is 0 Å². The van der Waals surface area contributed by atoms with Crippen LogP contribution in [0, 0.1) is 0 Å². The first-order chi connectivity index (χ1) is 12.1. The minimum Gasteiger partial charge on any atom is -0.484 e. The molecule has 1 amide bonds. The molecule has 3 rings (SSSR count). The summed E-state index contributed by atoms with van der Waals surface area (Å²) in [7, 11) is 0. The molecule has 0 saturated heterocycles. The monoisotopic (exact) mass is 358 g/mol. The van der Waals surface area contributed by atoms with Crippen molar-refractivity contribution in [2.75, 3.05) is 11.9 Å². The number of fused-ring (bicyclic) bond motifs is 1. The number of nitrogens with zero attached hydrogens (tertiary/aromatic N) is 1. The maximum atomic E-state index is 12.1. The first-order valence-electron chi connectivity index (χ1n) is 8.64. The fourth-order valence-electron chi connectivity index (χ4n) is 2.85. The molecule has 0 atom stereocenters.